The Morgan fingerprint density at radius 3 is 2.38 bits per heavy atom. The van der Waals surface area contributed by atoms with E-state index >= 15 is 4.39 Å². The van der Waals surface area contributed by atoms with Gasteiger partial charge >= 0.3 is 27.7 Å². The zero-order valence-corrected chi connectivity index (χ0v) is 31.9. The van der Waals surface area contributed by atoms with Crippen LogP contribution in [-0.4, -0.2) is 101 Å². The third-order valence-electron chi connectivity index (χ3n) is 11.0. The van der Waals surface area contributed by atoms with Crippen LogP contribution < -0.4 is 13.8 Å². The second-order valence-electron chi connectivity index (χ2n) is 15.7. The Hall–Kier alpha value is -4.22. The minimum atomic E-state index is -6.07. The molecule has 12 nitrogen and oxygen atoms in total. The minimum Gasteiger partial charge on any atom is -0.461 e. The predicted molar refractivity (Wildman–Crippen MR) is 196 cm³/mol. The highest BCUT2D eigenvalue weighted by Crippen LogP contribution is 2.43. The molecule has 2 bridgehead atoms. The van der Waals surface area contributed by atoms with Crippen LogP contribution in [0.4, 0.5) is 28.2 Å². The Labute approximate surface area is 319 Å². The van der Waals surface area contributed by atoms with Crippen LogP contribution in [0.25, 0.3) is 32.9 Å². The van der Waals surface area contributed by atoms with Gasteiger partial charge in [0.25, 0.3) is 0 Å². The van der Waals surface area contributed by atoms with Gasteiger partial charge in [-0.15, -0.1) is 0 Å². The number of aromatic nitrogens is 3. The monoisotopic (exact) mass is 806 g/mol. The van der Waals surface area contributed by atoms with Gasteiger partial charge in [-0.25, -0.2) is 9.18 Å². The molecule has 0 spiro atoms. The number of ether oxygens (including phenoxy) is 2. The van der Waals surface area contributed by atoms with Crippen LogP contribution in [0.1, 0.15) is 59.3 Å². The van der Waals surface area contributed by atoms with Crippen molar-refractivity contribution in [1.29, 1.82) is 0 Å². The summed E-state index contributed by atoms with van der Waals surface area (Å²) in [5, 5.41) is 0.736. The average Bonchev–Trinajstić information content (AvgIpc) is 3.76. The molecule has 4 fully saturated rings. The van der Waals surface area contributed by atoms with Crippen LogP contribution in [0.5, 0.6) is 11.8 Å². The summed E-state index contributed by atoms with van der Waals surface area (Å²) in [4.78, 5) is 33.2. The maximum absolute atomic E-state index is 17.2. The van der Waals surface area contributed by atoms with E-state index in [-0.39, 0.29) is 61.6 Å². The Kier molecular flexibility index (Phi) is 9.23. The van der Waals surface area contributed by atoms with Crippen LogP contribution in [0.15, 0.2) is 36.5 Å². The van der Waals surface area contributed by atoms with Gasteiger partial charge in [-0.05, 0) is 96.0 Å². The number of anilines is 1. The van der Waals surface area contributed by atoms with Gasteiger partial charge in [0.15, 0.2) is 5.82 Å². The summed E-state index contributed by atoms with van der Waals surface area (Å²) in [5.41, 5.74) is -7.21. The summed E-state index contributed by atoms with van der Waals surface area (Å²) in [7, 11) is -6.07. The maximum Gasteiger partial charge on any atom is 0.534 e. The number of pyridine rings is 1. The first-order valence-corrected chi connectivity index (χ1v) is 20.0. The lowest BCUT2D eigenvalue weighted by atomic mass is 9.95. The second kappa shape index (κ2) is 13.5. The molecule has 0 radical (unpaired) electrons. The lowest BCUT2D eigenvalue weighted by molar-refractivity contribution is -0.0500. The van der Waals surface area contributed by atoms with E-state index in [2.05, 4.69) is 19.1 Å². The van der Waals surface area contributed by atoms with Gasteiger partial charge in [0, 0.05) is 35.3 Å². The molecule has 0 unspecified atom stereocenters. The minimum absolute atomic E-state index is 0.0650. The fraction of sp³-hybridized carbons (Fsp3) is 0.514. The fourth-order valence-corrected chi connectivity index (χ4v) is 9.35. The van der Waals surface area contributed by atoms with Gasteiger partial charge in [-0.3, -0.25) is 14.8 Å². The SMILES string of the molecule is CC(C)(C)OC(=O)N1[C@@H]2CC[C@H]1CN(c1nc(OCC34CCCN3CCC4)nc3c(F)c(-c4cc(OS(=O)(=O)C(F)(F)F)cc5cccc(Cl)c45)ncc13)C2. The summed E-state index contributed by atoms with van der Waals surface area (Å²) >= 11 is 6.56. The zero-order chi connectivity index (χ0) is 39.1. The highest BCUT2D eigenvalue weighted by molar-refractivity contribution is 7.88. The quantitative estimate of drug-likeness (QED) is 0.105. The number of rotatable bonds is 7. The molecule has 4 aliphatic rings. The highest BCUT2D eigenvalue weighted by Gasteiger charge is 2.49. The first-order valence-electron chi connectivity index (χ1n) is 18.2. The van der Waals surface area contributed by atoms with Crippen molar-refractivity contribution in [3.8, 4) is 23.0 Å². The first-order chi connectivity index (χ1) is 25.9. The molecule has 0 N–H and O–H groups in total. The summed E-state index contributed by atoms with van der Waals surface area (Å²) in [6, 6.07) is 6.05. The molecule has 4 aliphatic heterocycles. The van der Waals surface area contributed by atoms with E-state index in [4.69, 9.17) is 26.1 Å². The highest BCUT2D eigenvalue weighted by atomic mass is 35.5. The Morgan fingerprint density at radius 2 is 1.73 bits per heavy atom. The molecule has 8 rings (SSSR count). The Bertz CT molecular complexity index is 2280. The van der Waals surface area contributed by atoms with Crippen LogP contribution in [0.3, 0.4) is 0 Å². The fourth-order valence-electron chi connectivity index (χ4n) is 8.63. The Morgan fingerprint density at radius 1 is 1.04 bits per heavy atom. The van der Waals surface area contributed by atoms with Gasteiger partial charge < -0.3 is 18.6 Å². The smallest absolute Gasteiger partial charge is 0.461 e. The number of fused-ring (bicyclic) bond motifs is 5. The van der Waals surface area contributed by atoms with Crippen molar-refractivity contribution in [1.82, 2.24) is 24.8 Å². The van der Waals surface area contributed by atoms with Crippen LogP contribution in [0, 0.1) is 5.82 Å². The second-order valence-corrected chi connectivity index (χ2v) is 17.6. The van der Waals surface area contributed by atoms with E-state index < -0.39 is 38.9 Å². The molecule has 0 saturated carbocycles. The third kappa shape index (κ3) is 6.85. The number of hydrogen-bond acceptors (Lipinski definition) is 11. The normalized spacial score (nSPS) is 21.4. The van der Waals surface area contributed by atoms with E-state index in [1.54, 1.807) is 4.90 Å². The van der Waals surface area contributed by atoms with Gasteiger partial charge in [0.2, 0.25) is 0 Å². The van der Waals surface area contributed by atoms with Gasteiger partial charge in [0.1, 0.15) is 35.0 Å². The van der Waals surface area contributed by atoms with E-state index in [9.17, 15) is 26.4 Å². The van der Waals surface area contributed by atoms with Crippen molar-refractivity contribution in [2.24, 2.45) is 0 Å². The van der Waals surface area contributed by atoms with E-state index in [1.165, 1.54) is 24.4 Å². The molecule has 294 valence electrons. The molecule has 18 heteroatoms. The molecule has 6 heterocycles. The molecular formula is C37H39ClF4N6O6S. The molecule has 2 aromatic carbocycles. The summed E-state index contributed by atoms with van der Waals surface area (Å²) in [6.07, 6.45) is 6.40. The lowest BCUT2D eigenvalue weighted by Crippen LogP contribution is -2.57. The molecular weight excluding hydrogens is 768 g/mol. The van der Waals surface area contributed by atoms with Crippen LogP contribution in [0.2, 0.25) is 5.02 Å². The van der Waals surface area contributed by atoms with E-state index in [1.807, 2.05) is 25.7 Å². The molecule has 1 amide bonds. The molecule has 4 aromatic rings. The predicted octanol–water partition coefficient (Wildman–Crippen LogP) is 7.46. The van der Waals surface area contributed by atoms with Crippen molar-refractivity contribution in [2.45, 2.75) is 88.0 Å². The first kappa shape index (κ1) is 37.7. The number of alkyl halides is 3. The molecule has 2 aromatic heterocycles. The van der Waals surface area contributed by atoms with Crippen molar-refractivity contribution >= 4 is 55.3 Å². The molecule has 55 heavy (non-hydrogen) atoms. The third-order valence-corrected chi connectivity index (χ3v) is 12.2. The summed E-state index contributed by atoms with van der Waals surface area (Å²) in [6.45, 7) is 8.40. The topological polar surface area (TPSA) is 127 Å². The number of benzene rings is 2. The molecule has 2 atom stereocenters. The lowest BCUT2D eigenvalue weighted by Gasteiger charge is -2.42. The van der Waals surface area contributed by atoms with Gasteiger partial charge in [-0.1, -0.05) is 23.7 Å². The maximum atomic E-state index is 17.2. The number of piperazine rings is 1. The Balaban J connectivity index is 1.23. The van der Waals surface area contributed by atoms with Crippen molar-refractivity contribution in [2.75, 3.05) is 37.7 Å². The van der Waals surface area contributed by atoms with Gasteiger partial charge in [-0.2, -0.15) is 31.6 Å². The molecule has 0 aliphatic carbocycles. The summed E-state index contributed by atoms with van der Waals surface area (Å²) < 4.78 is 97.7. The van der Waals surface area contributed by atoms with Gasteiger partial charge in [0.05, 0.1) is 23.0 Å². The molecule has 4 saturated heterocycles. The number of carbonyl (C=O) groups excluding carboxylic acids is 1. The number of carbonyl (C=O) groups is 1. The van der Waals surface area contributed by atoms with Crippen LogP contribution >= 0.6 is 11.6 Å². The van der Waals surface area contributed by atoms with Crippen molar-refractivity contribution in [3.05, 3.63) is 47.4 Å². The standard InChI is InChI=1S/C37H39ClF4N6O6S/c1-35(2,3)53-34(49)48-22-9-10-23(48)19-46(18-22)32-26-17-43-30(29(39)31(26)44-33(45-32)52-20-36-11-5-13-47(36)14-6-12-36)25-16-24(54-55(50,51)37(40,41)42)15-21-7-4-8-27(38)28(21)25/h4,7-8,15-17,22-23H,5-6,9-14,18-20H2,1-3H3/t22-,23+. The van der Waals surface area contributed by atoms with E-state index in [0.717, 1.165) is 63.7 Å². The number of hydrogen-bond donors (Lipinski definition) is 0. The zero-order valence-electron chi connectivity index (χ0n) is 30.3. The summed E-state index contributed by atoms with van der Waals surface area (Å²) in [5.74, 6) is -1.33. The van der Waals surface area contributed by atoms with Crippen LogP contribution in [-0.2, 0) is 14.9 Å². The average molecular weight is 807 g/mol. The largest absolute Gasteiger partial charge is 0.534 e. The number of amides is 1. The number of halogens is 5. The van der Waals surface area contributed by atoms with Crippen molar-refractivity contribution < 1.29 is 44.4 Å². The number of nitrogens with zero attached hydrogens (tertiary/aromatic N) is 6. The van der Waals surface area contributed by atoms with E-state index in [0.29, 0.717) is 25.5 Å². The van der Waals surface area contributed by atoms with Crippen molar-refractivity contribution in [3.63, 3.8) is 0 Å².